The van der Waals surface area contributed by atoms with E-state index in [0.717, 1.165) is 0 Å². The van der Waals surface area contributed by atoms with Crippen molar-refractivity contribution in [2.45, 2.75) is 17.8 Å². The summed E-state index contributed by atoms with van der Waals surface area (Å²) in [6, 6.07) is 8.04. The largest absolute Gasteiger partial charge is 0.378 e. The lowest BCUT2D eigenvalue weighted by atomic mass is 10.2. The molecule has 0 saturated carbocycles. The number of urea groups is 1. The van der Waals surface area contributed by atoms with E-state index < -0.39 is 39.6 Å². The lowest BCUT2D eigenvalue weighted by molar-refractivity contribution is -0.122. The highest BCUT2D eigenvalue weighted by molar-refractivity contribution is 7.90. The van der Waals surface area contributed by atoms with Crippen LogP contribution < -0.4 is 10.6 Å². The van der Waals surface area contributed by atoms with Gasteiger partial charge in [-0.25, -0.2) is 13.2 Å². The Morgan fingerprint density at radius 1 is 1.10 bits per heavy atom. The van der Waals surface area contributed by atoms with Crippen molar-refractivity contribution in [1.29, 1.82) is 10.5 Å². The van der Waals surface area contributed by atoms with Gasteiger partial charge in [-0.15, -0.1) is 0 Å². The summed E-state index contributed by atoms with van der Waals surface area (Å²) in [7, 11) is -3.79. The summed E-state index contributed by atoms with van der Waals surface area (Å²) >= 11 is 0. The van der Waals surface area contributed by atoms with Crippen molar-refractivity contribution in [2.75, 3.05) is 32.1 Å². The first kappa shape index (κ1) is 22.1. The van der Waals surface area contributed by atoms with Crippen molar-refractivity contribution >= 4 is 21.8 Å². The first-order valence-electron chi connectivity index (χ1n) is 8.82. The highest BCUT2D eigenvalue weighted by Gasteiger charge is 2.30. The van der Waals surface area contributed by atoms with Crippen LogP contribution in [0.3, 0.4) is 0 Å². The number of nitriles is 2. The molecule has 1 fully saturated rings. The molecular weight excluding hydrogens is 398 g/mol. The molecule has 2 N–H and O–H groups in total. The summed E-state index contributed by atoms with van der Waals surface area (Å²) in [5, 5.41) is 22.2. The summed E-state index contributed by atoms with van der Waals surface area (Å²) in [5.74, 6) is -1.91. The topological polar surface area (TPSA) is 152 Å². The Balaban J connectivity index is 2.14. The van der Waals surface area contributed by atoms with Gasteiger partial charge in [0.25, 0.3) is 0 Å². The molecule has 0 radical (unpaired) electrons. The number of amides is 3. The smallest absolute Gasteiger partial charge is 0.318 e. The number of nitrogens with zero attached hydrogens (tertiary/aromatic N) is 3. The Hall–Kier alpha value is -3.15. The van der Waals surface area contributed by atoms with E-state index in [9.17, 15) is 18.0 Å². The summed E-state index contributed by atoms with van der Waals surface area (Å²) in [6.45, 7) is 1.27. The van der Waals surface area contributed by atoms with E-state index in [4.69, 9.17) is 15.3 Å². The molecule has 1 aliphatic rings. The van der Waals surface area contributed by atoms with Gasteiger partial charge in [-0.2, -0.15) is 10.5 Å². The molecule has 1 aromatic rings. The summed E-state index contributed by atoms with van der Waals surface area (Å²) in [6.07, 6.45) is 0. The van der Waals surface area contributed by atoms with Gasteiger partial charge in [0.05, 0.1) is 24.7 Å². The number of hydrogen-bond donors (Lipinski definition) is 2. The maximum Gasteiger partial charge on any atom is 0.318 e. The number of hydrogen-bond acceptors (Lipinski definition) is 7. The number of nitrogens with one attached hydrogen (secondary N) is 2. The Morgan fingerprint density at radius 2 is 1.72 bits per heavy atom. The second kappa shape index (κ2) is 10.4. The third-order valence-corrected chi connectivity index (χ3v) is 5.72. The zero-order chi connectivity index (χ0) is 21.3. The highest BCUT2D eigenvalue weighted by atomic mass is 32.2. The van der Waals surface area contributed by atoms with Crippen LogP contribution in [0.25, 0.3) is 0 Å². The average molecular weight is 419 g/mol. The molecule has 3 amide bonds. The summed E-state index contributed by atoms with van der Waals surface area (Å²) in [4.78, 5) is 26.3. The minimum Gasteiger partial charge on any atom is -0.378 e. The van der Waals surface area contributed by atoms with E-state index in [2.05, 4.69) is 10.6 Å². The quantitative estimate of drug-likeness (QED) is 0.607. The van der Waals surface area contributed by atoms with Crippen LogP contribution in [0.4, 0.5) is 4.79 Å². The number of carbonyl (C=O) groups is 2. The molecule has 29 heavy (non-hydrogen) atoms. The van der Waals surface area contributed by atoms with Gasteiger partial charge < -0.3 is 20.3 Å². The maximum atomic E-state index is 12.6. The third-order valence-electron chi connectivity index (χ3n) is 4.11. The van der Waals surface area contributed by atoms with Gasteiger partial charge in [-0.3, -0.25) is 4.79 Å². The molecule has 0 spiro atoms. The van der Waals surface area contributed by atoms with E-state index in [1.807, 2.05) is 0 Å². The number of benzene rings is 1. The predicted molar refractivity (Wildman–Crippen MR) is 102 cm³/mol. The van der Waals surface area contributed by atoms with Crippen LogP contribution in [0.15, 0.2) is 30.3 Å². The van der Waals surface area contributed by atoms with Crippen LogP contribution in [-0.4, -0.2) is 69.4 Å². The third kappa shape index (κ3) is 7.07. The van der Waals surface area contributed by atoms with Crippen molar-refractivity contribution in [3.63, 3.8) is 0 Å². The number of sulfone groups is 1. The molecule has 10 nitrogen and oxygen atoms in total. The van der Waals surface area contributed by atoms with Crippen LogP contribution in [0.2, 0.25) is 0 Å². The molecule has 0 bridgehead atoms. The first-order valence-corrected chi connectivity index (χ1v) is 10.6. The molecule has 1 aliphatic heterocycles. The lowest BCUT2D eigenvalue weighted by Gasteiger charge is -2.29. The van der Waals surface area contributed by atoms with E-state index in [0.29, 0.717) is 31.9 Å². The maximum absolute atomic E-state index is 12.6. The van der Waals surface area contributed by atoms with Crippen LogP contribution in [-0.2, 0) is 25.1 Å². The fraction of sp³-hybridized carbons (Fsp3) is 0.444. The second-order valence-electron chi connectivity index (χ2n) is 6.34. The molecule has 1 saturated heterocycles. The zero-order valence-electron chi connectivity index (χ0n) is 15.6. The highest BCUT2D eigenvalue weighted by Crippen LogP contribution is 2.08. The SMILES string of the molecule is N#CC(C#N)NC(=O)[C@H](CS(=O)(=O)Cc1ccccc1)NC(=O)N1CCOCC1. The van der Waals surface area contributed by atoms with Crippen LogP contribution >= 0.6 is 0 Å². The van der Waals surface area contributed by atoms with Gasteiger partial charge in [0.15, 0.2) is 9.84 Å². The van der Waals surface area contributed by atoms with Crippen molar-refractivity contribution in [3.05, 3.63) is 35.9 Å². The molecular formula is C18H21N5O5S. The van der Waals surface area contributed by atoms with Crippen molar-refractivity contribution < 1.29 is 22.7 Å². The molecule has 154 valence electrons. The molecule has 1 heterocycles. The van der Waals surface area contributed by atoms with Crippen LogP contribution in [0.5, 0.6) is 0 Å². The number of ether oxygens (including phenoxy) is 1. The van der Waals surface area contributed by atoms with Crippen molar-refractivity contribution in [3.8, 4) is 12.1 Å². The molecule has 2 rings (SSSR count). The zero-order valence-corrected chi connectivity index (χ0v) is 16.4. The second-order valence-corrected chi connectivity index (χ2v) is 8.45. The standard InChI is InChI=1S/C18H21N5O5S/c19-10-15(11-20)21-17(24)16(22-18(25)23-6-8-28-9-7-23)13-29(26,27)12-14-4-2-1-3-5-14/h1-5,15-16H,6-9,12-13H2,(H,21,24)(H,22,25)/t16-/m0/s1. The van der Waals surface area contributed by atoms with E-state index in [-0.39, 0.29) is 5.75 Å². The van der Waals surface area contributed by atoms with E-state index >= 15 is 0 Å². The van der Waals surface area contributed by atoms with E-state index in [1.165, 1.54) is 4.90 Å². The molecule has 0 unspecified atom stereocenters. The van der Waals surface area contributed by atoms with Gasteiger partial charge >= 0.3 is 6.03 Å². The molecule has 1 atom stereocenters. The predicted octanol–water partition coefficient (Wildman–Crippen LogP) is -0.456. The lowest BCUT2D eigenvalue weighted by Crippen LogP contribution is -2.56. The summed E-state index contributed by atoms with van der Waals surface area (Å²) in [5.41, 5.74) is 0.540. The molecule has 0 aliphatic carbocycles. The number of morpholine rings is 1. The normalized spacial score (nSPS) is 15.1. The minimum atomic E-state index is -3.79. The molecule has 0 aromatic heterocycles. The van der Waals surface area contributed by atoms with E-state index in [1.54, 1.807) is 42.5 Å². The Morgan fingerprint density at radius 3 is 2.31 bits per heavy atom. The van der Waals surface area contributed by atoms with Crippen LogP contribution in [0.1, 0.15) is 5.56 Å². The first-order chi connectivity index (χ1) is 13.8. The van der Waals surface area contributed by atoms with Crippen molar-refractivity contribution in [2.24, 2.45) is 0 Å². The van der Waals surface area contributed by atoms with Gasteiger partial charge in [0.2, 0.25) is 11.9 Å². The van der Waals surface area contributed by atoms with Gasteiger partial charge in [-0.1, -0.05) is 30.3 Å². The fourth-order valence-electron chi connectivity index (χ4n) is 2.67. The van der Waals surface area contributed by atoms with Crippen LogP contribution in [0, 0.1) is 22.7 Å². The Kier molecular flexibility index (Phi) is 7.95. The molecule has 1 aromatic carbocycles. The fourth-order valence-corrected chi connectivity index (χ4v) is 4.23. The van der Waals surface area contributed by atoms with Crippen molar-refractivity contribution in [1.82, 2.24) is 15.5 Å². The number of rotatable bonds is 7. The van der Waals surface area contributed by atoms with Gasteiger partial charge in [-0.05, 0) is 5.56 Å². The average Bonchev–Trinajstić information content (AvgIpc) is 2.72. The molecule has 11 heteroatoms. The monoisotopic (exact) mass is 419 g/mol. The van der Waals surface area contributed by atoms with Gasteiger partial charge in [0.1, 0.15) is 18.2 Å². The summed E-state index contributed by atoms with van der Waals surface area (Å²) < 4.78 is 30.4. The Labute approximate surface area is 169 Å². The van der Waals surface area contributed by atoms with Gasteiger partial charge in [0, 0.05) is 13.1 Å². The number of carbonyl (C=O) groups excluding carboxylic acids is 2. The Bertz CT molecular complexity index is 887. The minimum absolute atomic E-state index is 0.302.